The van der Waals surface area contributed by atoms with E-state index >= 15 is 0 Å². The molecule has 7 heteroatoms. The predicted octanol–water partition coefficient (Wildman–Crippen LogP) is 1.57. The van der Waals surface area contributed by atoms with Gasteiger partial charge in [0.05, 0.1) is 14.2 Å². The van der Waals surface area contributed by atoms with Crippen molar-refractivity contribution in [1.82, 2.24) is 19.9 Å². The van der Waals surface area contributed by atoms with Crippen LogP contribution in [0.25, 0.3) is 0 Å². The summed E-state index contributed by atoms with van der Waals surface area (Å²) in [4.78, 5) is 14.8. The maximum absolute atomic E-state index is 5.02. The van der Waals surface area contributed by atoms with Gasteiger partial charge in [0.1, 0.15) is 0 Å². The fraction of sp³-hybridized carbons (Fsp3) is 0.786. The smallest absolute Gasteiger partial charge is 0.324 e. The fourth-order valence-electron chi connectivity index (χ4n) is 2.57. The number of aromatic nitrogens is 3. The van der Waals surface area contributed by atoms with Crippen molar-refractivity contribution in [3.8, 4) is 12.0 Å². The summed E-state index contributed by atoms with van der Waals surface area (Å²) in [6.07, 6.45) is 5.05. The van der Waals surface area contributed by atoms with Crippen LogP contribution in [0.4, 0.5) is 5.95 Å². The van der Waals surface area contributed by atoms with Crippen molar-refractivity contribution >= 4 is 5.95 Å². The molecular weight excluding hydrogens is 270 g/mol. The molecule has 0 aliphatic carbocycles. The van der Waals surface area contributed by atoms with E-state index < -0.39 is 0 Å². The Kier molecular flexibility index (Phi) is 5.98. The van der Waals surface area contributed by atoms with Gasteiger partial charge >= 0.3 is 12.0 Å². The van der Waals surface area contributed by atoms with Gasteiger partial charge < -0.3 is 19.7 Å². The van der Waals surface area contributed by atoms with E-state index in [0.29, 0.717) is 12.0 Å². The largest absolute Gasteiger partial charge is 0.467 e. The van der Waals surface area contributed by atoms with Gasteiger partial charge in [0.15, 0.2) is 0 Å². The average molecular weight is 295 g/mol. The number of methoxy groups -OCH3 is 2. The van der Waals surface area contributed by atoms with Crippen LogP contribution < -0.4 is 14.8 Å². The summed E-state index contributed by atoms with van der Waals surface area (Å²) in [7, 11) is 3.05. The van der Waals surface area contributed by atoms with Crippen LogP contribution in [0.1, 0.15) is 32.6 Å². The number of anilines is 1. The molecule has 1 atom stereocenters. The Morgan fingerprint density at radius 3 is 2.48 bits per heavy atom. The Hall–Kier alpha value is -1.63. The van der Waals surface area contributed by atoms with Crippen LogP contribution in [0.5, 0.6) is 12.0 Å². The maximum Gasteiger partial charge on any atom is 0.324 e. The summed E-state index contributed by atoms with van der Waals surface area (Å²) in [5.41, 5.74) is 0. The van der Waals surface area contributed by atoms with E-state index in [1.54, 1.807) is 0 Å². The molecule has 7 nitrogen and oxygen atoms in total. The Balaban J connectivity index is 1.77. The third-order valence-electron chi connectivity index (χ3n) is 3.81. The summed E-state index contributed by atoms with van der Waals surface area (Å²) >= 11 is 0. The molecule has 1 aliphatic heterocycles. The second-order valence-corrected chi connectivity index (χ2v) is 5.29. The molecule has 0 aromatic carbocycles. The minimum absolute atomic E-state index is 0.258. The quantitative estimate of drug-likeness (QED) is 0.765. The fourth-order valence-corrected chi connectivity index (χ4v) is 2.57. The number of nitrogens with zero attached hydrogens (tertiary/aromatic N) is 4. The molecule has 0 amide bonds. The first-order valence-corrected chi connectivity index (χ1v) is 7.55. The van der Waals surface area contributed by atoms with E-state index in [1.165, 1.54) is 40.0 Å². The van der Waals surface area contributed by atoms with Gasteiger partial charge in [0.2, 0.25) is 5.95 Å². The second-order valence-electron chi connectivity index (χ2n) is 5.29. The summed E-state index contributed by atoms with van der Waals surface area (Å²) in [6.45, 7) is 5.45. The SMILES string of the molecule is COc1nc(NCCCN2CCCCC2C)nc(OC)n1. The number of likely N-dealkylation sites (tertiary alicyclic amines) is 1. The van der Waals surface area contributed by atoms with Crippen LogP contribution in [-0.2, 0) is 0 Å². The third-order valence-corrected chi connectivity index (χ3v) is 3.81. The Labute approximate surface area is 126 Å². The highest BCUT2D eigenvalue weighted by atomic mass is 16.5. The van der Waals surface area contributed by atoms with Gasteiger partial charge in [-0.15, -0.1) is 4.98 Å². The zero-order valence-corrected chi connectivity index (χ0v) is 13.1. The predicted molar refractivity (Wildman–Crippen MR) is 80.9 cm³/mol. The molecule has 0 spiro atoms. The highest BCUT2D eigenvalue weighted by Gasteiger charge is 2.17. The lowest BCUT2D eigenvalue weighted by Gasteiger charge is -2.33. The molecule has 1 aromatic heterocycles. The van der Waals surface area contributed by atoms with E-state index in [-0.39, 0.29) is 12.0 Å². The maximum atomic E-state index is 5.02. The lowest BCUT2D eigenvalue weighted by Crippen LogP contribution is -2.38. The number of nitrogens with one attached hydrogen (secondary N) is 1. The number of ether oxygens (including phenoxy) is 2. The van der Waals surface area contributed by atoms with E-state index in [4.69, 9.17) is 9.47 Å². The molecular formula is C14H25N5O2. The highest BCUT2D eigenvalue weighted by Crippen LogP contribution is 2.16. The van der Waals surface area contributed by atoms with Crippen molar-refractivity contribution in [3.63, 3.8) is 0 Å². The van der Waals surface area contributed by atoms with Gasteiger partial charge in [0, 0.05) is 19.1 Å². The second kappa shape index (κ2) is 7.97. The molecule has 1 fully saturated rings. The molecule has 1 N–H and O–H groups in total. The highest BCUT2D eigenvalue weighted by molar-refractivity contribution is 5.27. The van der Waals surface area contributed by atoms with Gasteiger partial charge in [-0.25, -0.2) is 0 Å². The van der Waals surface area contributed by atoms with Crippen molar-refractivity contribution in [3.05, 3.63) is 0 Å². The van der Waals surface area contributed by atoms with E-state index in [2.05, 4.69) is 32.1 Å². The minimum atomic E-state index is 0.258. The number of rotatable bonds is 7. The molecule has 1 saturated heterocycles. The minimum Gasteiger partial charge on any atom is -0.467 e. The van der Waals surface area contributed by atoms with Gasteiger partial charge in [-0.1, -0.05) is 6.42 Å². The van der Waals surface area contributed by atoms with Crippen LogP contribution in [0, 0.1) is 0 Å². The van der Waals surface area contributed by atoms with Crippen LogP contribution in [-0.4, -0.2) is 59.7 Å². The lowest BCUT2D eigenvalue weighted by atomic mass is 10.0. The molecule has 0 bridgehead atoms. The van der Waals surface area contributed by atoms with Gasteiger partial charge in [-0.05, 0) is 32.7 Å². The molecule has 118 valence electrons. The van der Waals surface area contributed by atoms with E-state index in [0.717, 1.165) is 19.5 Å². The third kappa shape index (κ3) is 4.70. The topological polar surface area (TPSA) is 72.4 Å². The van der Waals surface area contributed by atoms with Crippen LogP contribution in [0.15, 0.2) is 0 Å². The standard InChI is InChI=1S/C14H25N5O2/c1-11-7-4-5-9-19(11)10-6-8-15-12-16-13(20-2)18-14(17-12)21-3/h11H,4-10H2,1-3H3,(H,15,16,17,18). The molecule has 0 radical (unpaired) electrons. The molecule has 2 heterocycles. The zero-order valence-electron chi connectivity index (χ0n) is 13.1. The Morgan fingerprint density at radius 1 is 1.14 bits per heavy atom. The van der Waals surface area contributed by atoms with E-state index in [9.17, 15) is 0 Å². The molecule has 0 saturated carbocycles. The van der Waals surface area contributed by atoms with Crippen LogP contribution in [0.3, 0.4) is 0 Å². The van der Waals surface area contributed by atoms with E-state index in [1.807, 2.05) is 0 Å². The van der Waals surface area contributed by atoms with Gasteiger partial charge in [-0.2, -0.15) is 9.97 Å². The summed E-state index contributed by atoms with van der Waals surface area (Å²) in [5, 5.41) is 3.20. The van der Waals surface area contributed by atoms with Crippen LogP contribution in [0.2, 0.25) is 0 Å². The summed E-state index contributed by atoms with van der Waals surface area (Å²) in [6, 6.07) is 1.22. The first kappa shape index (κ1) is 15.8. The normalized spacial score (nSPS) is 19.3. The molecule has 1 aliphatic rings. The first-order chi connectivity index (χ1) is 10.2. The van der Waals surface area contributed by atoms with Crippen molar-refractivity contribution in [1.29, 1.82) is 0 Å². The van der Waals surface area contributed by atoms with Crippen molar-refractivity contribution in [2.45, 2.75) is 38.6 Å². The summed E-state index contributed by atoms with van der Waals surface area (Å²) < 4.78 is 10.0. The summed E-state index contributed by atoms with van der Waals surface area (Å²) in [5.74, 6) is 0.491. The van der Waals surface area contributed by atoms with Crippen molar-refractivity contribution < 1.29 is 9.47 Å². The Morgan fingerprint density at radius 2 is 1.86 bits per heavy atom. The van der Waals surface area contributed by atoms with Gasteiger partial charge in [-0.3, -0.25) is 0 Å². The van der Waals surface area contributed by atoms with Crippen molar-refractivity contribution in [2.24, 2.45) is 0 Å². The molecule has 2 rings (SSSR count). The molecule has 1 aromatic rings. The lowest BCUT2D eigenvalue weighted by molar-refractivity contribution is 0.160. The number of piperidine rings is 1. The molecule has 1 unspecified atom stereocenters. The van der Waals surface area contributed by atoms with Gasteiger partial charge in [0.25, 0.3) is 0 Å². The number of hydrogen-bond donors (Lipinski definition) is 1. The monoisotopic (exact) mass is 295 g/mol. The zero-order chi connectivity index (χ0) is 15.1. The number of hydrogen-bond acceptors (Lipinski definition) is 7. The Bertz CT molecular complexity index is 421. The average Bonchev–Trinajstić information content (AvgIpc) is 2.52. The molecule has 21 heavy (non-hydrogen) atoms. The van der Waals surface area contributed by atoms with Crippen molar-refractivity contribution in [2.75, 3.05) is 39.2 Å². The first-order valence-electron chi connectivity index (χ1n) is 7.55. The van der Waals surface area contributed by atoms with Crippen LogP contribution >= 0.6 is 0 Å².